The van der Waals surface area contributed by atoms with Gasteiger partial charge in [-0.25, -0.2) is 4.39 Å². The molecule has 4 nitrogen and oxygen atoms in total. The summed E-state index contributed by atoms with van der Waals surface area (Å²) in [5.41, 5.74) is 3.22. The highest BCUT2D eigenvalue weighted by atomic mass is 19.1. The quantitative estimate of drug-likeness (QED) is 0.787. The summed E-state index contributed by atoms with van der Waals surface area (Å²) in [5, 5.41) is 8.69. The topological polar surface area (TPSA) is 39.1 Å². The SMILES string of the molecule is Cn1ncc2ccc(COc3cc(C4CCNCC4)ccc3F)cc21. The molecule has 0 aliphatic carbocycles. The number of fused-ring (bicyclic) bond motifs is 1. The van der Waals surface area contributed by atoms with Crippen LogP contribution in [0.15, 0.2) is 42.6 Å². The van der Waals surface area contributed by atoms with E-state index in [1.54, 1.807) is 0 Å². The summed E-state index contributed by atoms with van der Waals surface area (Å²) in [6.07, 6.45) is 4.01. The second-order valence-electron chi connectivity index (χ2n) is 6.66. The van der Waals surface area contributed by atoms with Crippen LogP contribution in [0.1, 0.15) is 29.9 Å². The Morgan fingerprint density at radius 1 is 1.20 bits per heavy atom. The molecule has 0 unspecified atom stereocenters. The zero-order valence-electron chi connectivity index (χ0n) is 14.3. The van der Waals surface area contributed by atoms with Gasteiger partial charge in [0.2, 0.25) is 0 Å². The first kappa shape index (κ1) is 16.1. The Balaban J connectivity index is 1.51. The average Bonchev–Trinajstić information content (AvgIpc) is 3.02. The van der Waals surface area contributed by atoms with Crippen LogP contribution in [0, 0.1) is 5.82 Å². The fourth-order valence-corrected chi connectivity index (χ4v) is 3.48. The summed E-state index contributed by atoms with van der Waals surface area (Å²) in [5.74, 6) is 0.510. The number of nitrogens with zero attached hydrogens (tertiary/aromatic N) is 2. The summed E-state index contributed by atoms with van der Waals surface area (Å²) < 4.78 is 21.8. The largest absolute Gasteiger partial charge is 0.486 e. The van der Waals surface area contributed by atoms with E-state index in [9.17, 15) is 4.39 Å². The number of piperidine rings is 1. The maximum atomic E-state index is 14.2. The fraction of sp³-hybridized carbons (Fsp3) is 0.350. The Labute approximate surface area is 146 Å². The van der Waals surface area contributed by atoms with E-state index in [0.29, 0.717) is 18.3 Å². The molecule has 2 heterocycles. The second-order valence-corrected chi connectivity index (χ2v) is 6.66. The van der Waals surface area contributed by atoms with E-state index in [0.717, 1.165) is 42.4 Å². The molecular formula is C20H22FN3O. The van der Waals surface area contributed by atoms with Crippen molar-refractivity contribution >= 4 is 10.9 Å². The van der Waals surface area contributed by atoms with Gasteiger partial charge in [0.15, 0.2) is 11.6 Å². The lowest BCUT2D eigenvalue weighted by Crippen LogP contribution is -2.26. The third-order valence-corrected chi connectivity index (χ3v) is 4.97. The average molecular weight is 339 g/mol. The van der Waals surface area contributed by atoms with Gasteiger partial charge in [0, 0.05) is 12.4 Å². The normalized spacial score (nSPS) is 15.6. The number of halogens is 1. The molecule has 130 valence electrons. The lowest BCUT2D eigenvalue weighted by atomic mass is 9.90. The molecule has 4 rings (SSSR count). The molecular weight excluding hydrogens is 317 g/mol. The molecule has 1 aliphatic rings. The number of ether oxygens (including phenoxy) is 1. The maximum absolute atomic E-state index is 14.2. The predicted octanol–water partition coefficient (Wildman–Crippen LogP) is 3.76. The molecule has 0 radical (unpaired) electrons. The van der Waals surface area contributed by atoms with Crippen LogP contribution < -0.4 is 10.1 Å². The third-order valence-electron chi connectivity index (χ3n) is 4.97. The van der Waals surface area contributed by atoms with E-state index in [4.69, 9.17) is 4.74 Å². The molecule has 25 heavy (non-hydrogen) atoms. The van der Waals surface area contributed by atoms with Crippen LogP contribution in [-0.4, -0.2) is 22.9 Å². The van der Waals surface area contributed by atoms with E-state index < -0.39 is 0 Å². The Bertz CT molecular complexity index is 884. The first-order valence-corrected chi connectivity index (χ1v) is 8.74. The van der Waals surface area contributed by atoms with Gasteiger partial charge in [-0.1, -0.05) is 18.2 Å². The first-order valence-electron chi connectivity index (χ1n) is 8.74. The maximum Gasteiger partial charge on any atom is 0.165 e. The van der Waals surface area contributed by atoms with Crippen molar-refractivity contribution in [1.82, 2.24) is 15.1 Å². The molecule has 0 bridgehead atoms. The van der Waals surface area contributed by atoms with Crippen molar-refractivity contribution in [2.45, 2.75) is 25.4 Å². The molecule has 0 saturated carbocycles. The number of hydrogen-bond acceptors (Lipinski definition) is 3. The second kappa shape index (κ2) is 6.84. The van der Waals surface area contributed by atoms with Crippen molar-refractivity contribution in [3.8, 4) is 5.75 Å². The van der Waals surface area contributed by atoms with Crippen molar-refractivity contribution in [1.29, 1.82) is 0 Å². The van der Waals surface area contributed by atoms with Gasteiger partial charge in [-0.05, 0) is 61.2 Å². The minimum atomic E-state index is -0.306. The Morgan fingerprint density at radius 2 is 2.04 bits per heavy atom. The van der Waals surface area contributed by atoms with Crippen molar-refractivity contribution < 1.29 is 9.13 Å². The van der Waals surface area contributed by atoms with Gasteiger partial charge in [0.05, 0.1) is 11.7 Å². The molecule has 1 aliphatic heterocycles. The number of benzene rings is 2. The van der Waals surface area contributed by atoms with Crippen LogP contribution in [0.3, 0.4) is 0 Å². The van der Waals surface area contributed by atoms with E-state index in [1.165, 1.54) is 11.6 Å². The van der Waals surface area contributed by atoms with Gasteiger partial charge < -0.3 is 10.1 Å². The minimum Gasteiger partial charge on any atom is -0.486 e. The Morgan fingerprint density at radius 3 is 2.88 bits per heavy atom. The van der Waals surface area contributed by atoms with Crippen molar-refractivity contribution in [3.63, 3.8) is 0 Å². The highest BCUT2D eigenvalue weighted by molar-refractivity contribution is 5.79. The lowest BCUT2D eigenvalue weighted by molar-refractivity contribution is 0.289. The van der Waals surface area contributed by atoms with Crippen LogP contribution in [0.5, 0.6) is 5.75 Å². The van der Waals surface area contributed by atoms with Crippen LogP contribution in [0.4, 0.5) is 4.39 Å². The molecule has 3 aromatic rings. The zero-order chi connectivity index (χ0) is 17.2. The van der Waals surface area contributed by atoms with E-state index in [1.807, 2.05) is 48.3 Å². The van der Waals surface area contributed by atoms with Gasteiger partial charge >= 0.3 is 0 Å². The molecule has 0 atom stereocenters. The van der Waals surface area contributed by atoms with Gasteiger partial charge in [-0.2, -0.15) is 5.10 Å². The molecule has 2 aromatic carbocycles. The third kappa shape index (κ3) is 3.37. The van der Waals surface area contributed by atoms with E-state index in [-0.39, 0.29) is 5.82 Å². The lowest BCUT2D eigenvalue weighted by Gasteiger charge is -2.23. The van der Waals surface area contributed by atoms with Crippen LogP contribution in [0.2, 0.25) is 0 Å². The minimum absolute atomic E-state index is 0.306. The van der Waals surface area contributed by atoms with Gasteiger partial charge in [0.25, 0.3) is 0 Å². The van der Waals surface area contributed by atoms with E-state index >= 15 is 0 Å². The standard InChI is InChI=1S/C20H22FN3O/c1-24-19-10-14(2-3-17(19)12-23-24)13-25-20-11-16(4-5-18(20)21)15-6-8-22-9-7-15/h2-5,10-12,15,22H,6-9,13H2,1H3. The van der Waals surface area contributed by atoms with Gasteiger partial charge in [-0.15, -0.1) is 0 Å². The van der Waals surface area contributed by atoms with Crippen LogP contribution in [0.25, 0.3) is 10.9 Å². The highest BCUT2D eigenvalue weighted by Gasteiger charge is 2.17. The van der Waals surface area contributed by atoms with Crippen molar-refractivity contribution in [3.05, 3.63) is 59.5 Å². The van der Waals surface area contributed by atoms with Gasteiger partial charge in [0.1, 0.15) is 6.61 Å². The van der Waals surface area contributed by atoms with Crippen LogP contribution >= 0.6 is 0 Å². The summed E-state index contributed by atoms with van der Waals surface area (Å²) in [6.45, 7) is 2.37. The summed E-state index contributed by atoms with van der Waals surface area (Å²) in [7, 11) is 1.91. The number of rotatable bonds is 4. The molecule has 5 heteroatoms. The van der Waals surface area contributed by atoms with Gasteiger partial charge in [-0.3, -0.25) is 4.68 Å². The Hall–Kier alpha value is -2.40. The first-order chi connectivity index (χ1) is 12.2. The van der Waals surface area contributed by atoms with Crippen molar-refractivity contribution in [2.24, 2.45) is 7.05 Å². The summed E-state index contributed by atoms with van der Waals surface area (Å²) in [6, 6.07) is 11.3. The molecule has 0 spiro atoms. The molecule has 1 fully saturated rings. The fourth-order valence-electron chi connectivity index (χ4n) is 3.48. The molecule has 1 N–H and O–H groups in total. The van der Waals surface area contributed by atoms with Crippen LogP contribution in [-0.2, 0) is 13.7 Å². The van der Waals surface area contributed by atoms with Crippen molar-refractivity contribution in [2.75, 3.05) is 13.1 Å². The number of aromatic nitrogens is 2. The highest BCUT2D eigenvalue weighted by Crippen LogP contribution is 2.30. The zero-order valence-corrected chi connectivity index (χ0v) is 14.3. The van der Waals surface area contributed by atoms with E-state index in [2.05, 4.69) is 10.4 Å². The smallest absolute Gasteiger partial charge is 0.165 e. The number of aryl methyl sites for hydroxylation is 1. The molecule has 0 amide bonds. The Kier molecular flexibility index (Phi) is 4.40. The summed E-state index contributed by atoms with van der Waals surface area (Å²) >= 11 is 0. The number of nitrogens with one attached hydrogen (secondary N) is 1. The predicted molar refractivity (Wildman–Crippen MR) is 96.3 cm³/mol. The summed E-state index contributed by atoms with van der Waals surface area (Å²) in [4.78, 5) is 0. The molecule has 1 saturated heterocycles. The molecule has 1 aromatic heterocycles. The monoisotopic (exact) mass is 339 g/mol. The number of hydrogen-bond donors (Lipinski definition) is 1.